The molecular formula is C24H30N4S. The lowest BCUT2D eigenvalue weighted by Gasteiger charge is -2.36. The van der Waals surface area contributed by atoms with Crippen LogP contribution in [0.4, 0.5) is 11.4 Å². The highest BCUT2D eigenvalue weighted by atomic mass is 32.1. The van der Waals surface area contributed by atoms with E-state index in [1.54, 1.807) is 5.56 Å². The molecular weight excluding hydrogens is 376 g/mol. The highest BCUT2D eigenvalue weighted by Crippen LogP contribution is 2.50. The molecule has 1 N–H and O–H groups in total. The number of nitrogens with zero attached hydrogens (tertiary/aromatic N) is 3. The SMILES string of the molecule is Cc1ccc(NC(=S)N2CC[C@@H]3C[C@@H]2c2cc(N4CCN(C)CC4)ccc23)cc1. The Morgan fingerprint density at radius 3 is 2.48 bits per heavy atom. The van der Waals surface area contributed by atoms with Gasteiger partial charge in [-0.05, 0) is 80.3 Å². The maximum atomic E-state index is 5.85. The lowest BCUT2D eigenvalue weighted by atomic mass is 9.95. The van der Waals surface area contributed by atoms with E-state index in [1.165, 1.54) is 29.7 Å². The highest BCUT2D eigenvalue weighted by Gasteiger charge is 2.40. The van der Waals surface area contributed by atoms with Crippen molar-refractivity contribution in [3.63, 3.8) is 0 Å². The largest absolute Gasteiger partial charge is 0.369 e. The van der Waals surface area contributed by atoms with Crippen molar-refractivity contribution in [1.29, 1.82) is 0 Å². The Morgan fingerprint density at radius 1 is 0.966 bits per heavy atom. The number of aryl methyl sites for hydroxylation is 1. The zero-order valence-electron chi connectivity index (χ0n) is 17.4. The molecule has 2 aliphatic heterocycles. The molecule has 5 rings (SSSR count). The summed E-state index contributed by atoms with van der Waals surface area (Å²) in [6.45, 7) is 7.65. The minimum absolute atomic E-state index is 0.404. The third kappa shape index (κ3) is 3.62. The second-order valence-electron chi connectivity index (χ2n) is 8.83. The number of piperidine rings is 1. The number of thiocarbonyl (C=S) groups is 1. The van der Waals surface area contributed by atoms with Crippen LogP contribution in [0.5, 0.6) is 0 Å². The van der Waals surface area contributed by atoms with Crippen LogP contribution in [0.25, 0.3) is 0 Å². The summed E-state index contributed by atoms with van der Waals surface area (Å²) >= 11 is 5.85. The van der Waals surface area contributed by atoms with Gasteiger partial charge in [0.15, 0.2) is 5.11 Å². The van der Waals surface area contributed by atoms with Crippen molar-refractivity contribution in [3.05, 3.63) is 59.2 Å². The number of fused-ring (bicyclic) bond motifs is 5. The predicted molar refractivity (Wildman–Crippen MR) is 125 cm³/mol. The van der Waals surface area contributed by atoms with Gasteiger partial charge < -0.3 is 20.0 Å². The zero-order valence-corrected chi connectivity index (χ0v) is 18.2. The Bertz CT molecular complexity index is 902. The van der Waals surface area contributed by atoms with Gasteiger partial charge in [0.1, 0.15) is 0 Å². The molecule has 0 unspecified atom stereocenters. The molecule has 1 aliphatic carbocycles. The molecule has 2 aromatic rings. The maximum Gasteiger partial charge on any atom is 0.173 e. The summed E-state index contributed by atoms with van der Waals surface area (Å²) in [7, 11) is 2.21. The van der Waals surface area contributed by atoms with Crippen LogP contribution >= 0.6 is 12.2 Å². The fourth-order valence-corrected chi connectivity index (χ4v) is 5.44. The van der Waals surface area contributed by atoms with Gasteiger partial charge in [0.2, 0.25) is 0 Å². The molecule has 2 aromatic carbocycles. The molecule has 0 amide bonds. The average molecular weight is 407 g/mol. The third-order valence-corrected chi connectivity index (χ3v) is 7.24. The molecule has 2 atom stereocenters. The number of piperazine rings is 1. The number of nitrogens with one attached hydrogen (secondary N) is 1. The van der Waals surface area contributed by atoms with E-state index >= 15 is 0 Å². The molecule has 2 saturated heterocycles. The van der Waals surface area contributed by atoms with E-state index in [2.05, 4.69) is 76.5 Å². The van der Waals surface area contributed by atoms with Crippen molar-refractivity contribution < 1.29 is 0 Å². The summed E-state index contributed by atoms with van der Waals surface area (Å²) in [5.41, 5.74) is 6.77. The van der Waals surface area contributed by atoms with Gasteiger partial charge >= 0.3 is 0 Å². The molecule has 2 heterocycles. The molecule has 2 bridgehead atoms. The van der Waals surface area contributed by atoms with Crippen molar-refractivity contribution in [3.8, 4) is 0 Å². The molecule has 0 saturated carbocycles. The van der Waals surface area contributed by atoms with Crippen molar-refractivity contribution in [2.75, 3.05) is 50.0 Å². The third-order valence-electron chi connectivity index (χ3n) is 6.90. The standard InChI is InChI=1S/C24H30N4S/c1-17-3-5-19(6-4-17)25-24(29)28-10-9-18-15-23(28)22-16-20(7-8-21(18)22)27-13-11-26(2)12-14-27/h3-8,16,18,23H,9-15H2,1-2H3,(H,25,29)/t18-,23-/m1/s1. The minimum atomic E-state index is 0.404. The van der Waals surface area contributed by atoms with E-state index in [-0.39, 0.29) is 0 Å². The summed E-state index contributed by atoms with van der Waals surface area (Å²) in [6, 6.07) is 16.1. The van der Waals surface area contributed by atoms with Gasteiger partial charge in [0.25, 0.3) is 0 Å². The number of anilines is 2. The first-order valence-electron chi connectivity index (χ1n) is 10.8. The van der Waals surface area contributed by atoms with Crippen molar-refractivity contribution in [1.82, 2.24) is 9.80 Å². The normalized spacial score (nSPS) is 23.8. The summed E-state index contributed by atoms with van der Waals surface area (Å²) in [5, 5.41) is 4.33. The zero-order chi connectivity index (χ0) is 20.0. The smallest absolute Gasteiger partial charge is 0.173 e. The van der Waals surface area contributed by atoms with Crippen LogP contribution in [-0.4, -0.2) is 54.7 Å². The second kappa shape index (κ2) is 7.62. The fraction of sp³-hybridized carbons (Fsp3) is 0.458. The van der Waals surface area contributed by atoms with Crippen molar-refractivity contribution in [2.45, 2.75) is 31.7 Å². The van der Waals surface area contributed by atoms with Gasteiger partial charge in [-0.2, -0.15) is 0 Å². The van der Waals surface area contributed by atoms with Crippen LogP contribution < -0.4 is 10.2 Å². The van der Waals surface area contributed by atoms with E-state index < -0.39 is 0 Å². The van der Waals surface area contributed by atoms with Crippen molar-refractivity contribution in [2.24, 2.45) is 0 Å². The monoisotopic (exact) mass is 406 g/mol. The maximum absolute atomic E-state index is 5.85. The quantitative estimate of drug-likeness (QED) is 0.745. The number of likely N-dealkylation sites (N-methyl/N-ethyl adjacent to an activating group) is 1. The van der Waals surface area contributed by atoms with Crippen molar-refractivity contribution >= 4 is 28.7 Å². The lowest BCUT2D eigenvalue weighted by molar-refractivity contribution is 0.252. The van der Waals surface area contributed by atoms with E-state index in [9.17, 15) is 0 Å². The van der Waals surface area contributed by atoms with E-state index in [1.807, 2.05) is 0 Å². The first kappa shape index (κ1) is 18.9. The number of likely N-dealkylation sites (tertiary alicyclic amines) is 1. The first-order valence-corrected chi connectivity index (χ1v) is 11.2. The molecule has 3 aliphatic rings. The van der Waals surface area contributed by atoms with E-state index in [0.29, 0.717) is 12.0 Å². The Balaban J connectivity index is 1.37. The van der Waals surface area contributed by atoms with Crippen LogP contribution in [0.1, 0.15) is 41.5 Å². The van der Waals surface area contributed by atoms with Gasteiger partial charge in [0.05, 0.1) is 6.04 Å². The molecule has 4 nitrogen and oxygen atoms in total. The van der Waals surface area contributed by atoms with Crippen LogP contribution in [0, 0.1) is 6.92 Å². The molecule has 0 spiro atoms. The molecule has 0 aromatic heterocycles. The summed E-state index contributed by atoms with van der Waals surface area (Å²) < 4.78 is 0. The van der Waals surface area contributed by atoms with Crippen LogP contribution in [0.2, 0.25) is 0 Å². The lowest BCUT2D eigenvalue weighted by Crippen LogP contribution is -2.44. The number of benzene rings is 2. The Morgan fingerprint density at radius 2 is 1.72 bits per heavy atom. The Labute approximate surface area is 179 Å². The summed E-state index contributed by atoms with van der Waals surface area (Å²) in [4.78, 5) is 7.37. The van der Waals surface area contributed by atoms with Crippen LogP contribution in [0.3, 0.4) is 0 Å². The average Bonchev–Trinajstić information content (AvgIpc) is 3.02. The fourth-order valence-electron chi connectivity index (χ4n) is 5.10. The van der Waals surface area contributed by atoms with Crippen LogP contribution in [-0.2, 0) is 0 Å². The molecule has 2 fully saturated rings. The van der Waals surface area contributed by atoms with Gasteiger partial charge in [-0.1, -0.05) is 23.8 Å². The number of hydrogen-bond donors (Lipinski definition) is 1. The molecule has 152 valence electrons. The topological polar surface area (TPSA) is 21.8 Å². The molecule has 5 heteroatoms. The second-order valence-corrected chi connectivity index (χ2v) is 9.22. The van der Waals surface area contributed by atoms with E-state index in [0.717, 1.165) is 43.5 Å². The molecule has 0 radical (unpaired) electrons. The Kier molecular flexibility index (Phi) is 4.96. The van der Waals surface area contributed by atoms with Gasteiger partial charge in [-0.3, -0.25) is 0 Å². The first-order chi connectivity index (χ1) is 14.1. The van der Waals surface area contributed by atoms with Gasteiger partial charge in [0, 0.05) is 44.1 Å². The minimum Gasteiger partial charge on any atom is -0.369 e. The van der Waals surface area contributed by atoms with Gasteiger partial charge in [-0.25, -0.2) is 0 Å². The summed E-state index contributed by atoms with van der Waals surface area (Å²) in [5.74, 6) is 0.690. The number of hydrogen-bond acceptors (Lipinski definition) is 3. The highest BCUT2D eigenvalue weighted by molar-refractivity contribution is 7.80. The van der Waals surface area contributed by atoms with Crippen LogP contribution in [0.15, 0.2) is 42.5 Å². The number of rotatable bonds is 2. The molecule has 29 heavy (non-hydrogen) atoms. The van der Waals surface area contributed by atoms with E-state index in [4.69, 9.17) is 12.2 Å². The predicted octanol–water partition coefficient (Wildman–Crippen LogP) is 4.38. The van der Waals surface area contributed by atoms with Gasteiger partial charge in [-0.15, -0.1) is 0 Å². The summed E-state index contributed by atoms with van der Waals surface area (Å²) in [6.07, 6.45) is 2.38. The Hall–Kier alpha value is -2.11.